The van der Waals surface area contributed by atoms with Crippen LogP contribution in [0.1, 0.15) is 34.9 Å². The van der Waals surface area contributed by atoms with Crippen molar-refractivity contribution in [1.82, 2.24) is 5.01 Å². The van der Waals surface area contributed by atoms with Gasteiger partial charge in [0.05, 0.1) is 18.4 Å². The molecule has 0 spiro atoms. The number of carbonyl (C=O) groups excluding carboxylic acids is 2. The third-order valence-corrected chi connectivity index (χ3v) is 4.97. The Morgan fingerprint density at radius 3 is 2.53 bits per heavy atom. The number of nitrogens with zero attached hydrogens (tertiary/aromatic N) is 2. The lowest BCUT2D eigenvalue weighted by molar-refractivity contribution is -0.152. The van der Waals surface area contributed by atoms with Crippen LogP contribution in [-0.2, 0) is 20.7 Å². The third kappa shape index (κ3) is 4.49. The van der Waals surface area contributed by atoms with E-state index in [1.165, 1.54) is 5.01 Å². The standard InChI is InChI=1S/C24H22N2O4/c1-17-9-11-19(12-10-17)20-15-21(22-8-5-13-29-22)26(25-20)23(27)16-30-24(28)14-18-6-3-2-4-7-18/h2-13,21H,14-16H2,1H3/t21-/m0/s1. The second-order valence-corrected chi connectivity index (χ2v) is 7.21. The maximum Gasteiger partial charge on any atom is 0.310 e. The molecule has 0 unspecified atom stereocenters. The summed E-state index contributed by atoms with van der Waals surface area (Å²) in [5.41, 5.74) is 3.73. The number of ether oxygens (including phenoxy) is 1. The molecule has 2 heterocycles. The summed E-state index contributed by atoms with van der Waals surface area (Å²) in [5.74, 6) is -0.198. The molecule has 0 saturated heterocycles. The minimum atomic E-state index is -0.453. The van der Waals surface area contributed by atoms with E-state index in [9.17, 15) is 9.59 Å². The van der Waals surface area contributed by atoms with Crippen molar-refractivity contribution in [2.24, 2.45) is 5.10 Å². The van der Waals surface area contributed by atoms with Crippen molar-refractivity contribution in [3.05, 3.63) is 95.4 Å². The molecule has 0 N–H and O–H groups in total. The number of benzene rings is 2. The van der Waals surface area contributed by atoms with Crippen LogP contribution in [0.2, 0.25) is 0 Å². The number of aryl methyl sites for hydroxylation is 1. The summed E-state index contributed by atoms with van der Waals surface area (Å²) in [6.45, 7) is 1.65. The van der Waals surface area contributed by atoms with Crippen LogP contribution in [0.25, 0.3) is 0 Å². The van der Waals surface area contributed by atoms with Gasteiger partial charge in [0.2, 0.25) is 0 Å². The second-order valence-electron chi connectivity index (χ2n) is 7.21. The SMILES string of the molecule is Cc1ccc(C2=NN(C(=O)COC(=O)Cc3ccccc3)[C@H](c3ccco3)C2)cc1. The molecule has 0 radical (unpaired) electrons. The molecule has 4 rings (SSSR count). The van der Waals surface area contributed by atoms with Gasteiger partial charge in [0, 0.05) is 6.42 Å². The van der Waals surface area contributed by atoms with Gasteiger partial charge in [-0.25, -0.2) is 5.01 Å². The van der Waals surface area contributed by atoms with Gasteiger partial charge in [0.15, 0.2) is 6.61 Å². The van der Waals surface area contributed by atoms with Gasteiger partial charge in [-0.3, -0.25) is 9.59 Å². The minimum absolute atomic E-state index is 0.119. The van der Waals surface area contributed by atoms with E-state index in [0.29, 0.717) is 12.2 Å². The summed E-state index contributed by atoms with van der Waals surface area (Å²) < 4.78 is 10.7. The molecule has 0 bridgehead atoms. The molecule has 0 fully saturated rings. The average molecular weight is 402 g/mol. The maximum absolute atomic E-state index is 12.8. The Bertz CT molecular complexity index is 1040. The van der Waals surface area contributed by atoms with Gasteiger partial charge in [-0.15, -0.1) is 0 Å². The van der Waals surface area contributed by atoms with Crippen molar-refractivity contribution in [2.75, 3.05) is 6.61 Å². The maximum atomic E-state index is 12.8. The predicted molar refractivity (Wildman–Crippen MR) is 112 cm³/mol. The first-order valence-electron chi connectivity index (χ1n) is 9.79. The topological polar surface area (TPSA) is 72.1 Å². The van der Waals surface area contributed by atoms with E-state index in [4.69, 9.17) is 9.15 Å². The molecule has 152 valence electrons. The molecule has 0 saturated carbocycles. The zero-order valence-corrected chi connectivity index (χ0v) is 16.7. The van der Waals surface area contributed by atoms with Crippen molar-refractivity contribution in [3.8, 4) is 0 Å². The van der Waals surface area contributed by atoms with Crippen molar-refractivity contribution in [2.45, 2.75) is 25.8 Å². The van der Waals surface area contributed by atoms with Gasteiger partial charge in [-0.2, -0.15) is 5.10 Å². The Hall–Kier alpha value is -3.67. The number of hydrogen-bond donors (Lipinski definition) is 0. The highest BCUT2D eigenvalue weighted by molar-refractivity contribution is 6.03. The Balaban J connectivity index is 1.46. The quantitative estimate of drug-likeness (QED) is 0.583. The molecule has 1 atom stereocenters. The molecule has 2 aromatic carbocycles. The third-order valence-electron chi connectivity index (χ3n) is 4.97. The molecule has 1 aliphatic rings. The Morgan fingerprint density at radius 1 is 1.07 bits per heavy atom. The van der Waals surface area contributed by atoms with Gasteiger partial charge in [-0.1, -0.05) is 60.2 Å². The number of amides is 1. The fraction of sp³-hybridized carbons (Fsp3) is 0.208. The van der Waals surface area contributed by atoms with Crippen molar-refractivity contribution < 1.29 is 18.7 Å². The molecule has 0 aliphatic carbocycles. The normalized spacial score (nSPS) is 15.7. The first-order valence-corrected chi connectivity index (χ1v) is 9.79. The molecule has 30 heavy (non-hydrogen) atoms. The van der Waals surface area contributed by atoms with E-state index in [2.05, 4.69) is 5.10 Å². The predicted octanol–water partition coefficient (Wildman–Crippen LogP) is 4.05. The van der Waals surface area contributed by atoms with Gasteiger partial charge >= 0.3 is 5.97 Å². The fourth-order valence-electron chi connectivity index (χ4n) is 3.39. The smallest absolute Gasteiger partial charge is 0.310 e. The summed E-state index contributed by atoms with van der Waals surface area (Å²) in [5, 5.41) is 5.90. The van der Waals surface area contributed by atoms with Crippen molar-refractivity contribution >= 4 is 17.6 Å². The van der Waals surface area contributed by atoms with E-state index < -0.39 is 5.97 Å². The Morgan fingerprint density at radius 2 is 1.83 bits per heavy atom. The van der Waals surface area contributed by atoms with Crippen LogP contribution in [0, 0.1) is 6.92 Å². The van der Waals surface area contributed by atoms with E-state index in [-0.39, 0.29) is 25.0 Å². The van der Waals surface area contributed by atoms with Crippen molar-refractivity contribution in [1.29, 1.82) is 0 Å². The number of carbonyl (C=O) groups is 2. The molecule has 1 aromatic heterocycles. The molecular formula is C24H22N2O4. The Kier molecular flexibility index (Phi) is 5.75. The molecular weight excluding hydrogens is 380 g/mol. The molecule has 3 aromatic rings. The first-order chi connectivity index (χ1) is 14.6. The zero-order valence-electron chi connectivity index (χ0n) is 16.7. The fourth-order valence-corrected chi connectivity index (χ4v) is 3.39. The van der Waals surface area contributed by atoms with E-state index >= 15 is 0 Å². The van der Waals surface area contributed by atoms with Crippen molar-refractivity contribution in [3.63, 3.8) is 0 Å². The van der Waals surface area contributed by atoms with E-state index in [1.807, 2.05) is 67.6 Å². The zero-order chi connectivity index (χ0) is 20.9. The van der Waals surface area contributed by atoms with E-state index in [0.717, 1.165) is 22.4 Å². The molecule has 1 aliphatic heterocycles. The highest BCUT2D eigenvalue weighted by Gasteiger charge is 2.35. The monoisotopic (exact) mass is 402 g/mol. The largest absolute Gasteiger partial charge is 0.467 e. The lowest BCUT2D eigenvalue weighted by Crippen LogP contribution is -2.31. The summed E-state index contributed by atoms with van der Waals surface area (Å²) in [6, 6.07) is 20.5. The van der Waals surface area contributed by atoms with Crippen LogP contribution in [-0.4, -0.2) is 29.2 Å². The second kappa shape index (κ2) is 8.78. The van der Waals surface area contributed by atoms with Crippen LogP contribution in [0.4, 0.5) is 0 Å². The van der Waals surface area contributed by atoms with E-state index in [1.54, 1.807) is 12.3 Å². The molecule has 6 heteroatoms. The summed E-state index contributed by atoms with van der Waals surface area (Å²) in [7, 11) is 0. The number of esters is 1. The summed E-state index contributed by atoms with van der Waals surface area (Å²) >= 11 is 0. The van der Waals surface area contributed by atoms with Crippen LogP contribution >= 0.6 is 0 Å². The Labute approximate surface area is 174 Å². The van der Waals surface area contributed by atoms with Gasteiger partial charge in [-0.05, 0) is 30.2 Å². The van der Waals surface area contributed by atoms with Crippen LogP contribution < -0.4 is 0 Å². The number of hydrazone groups is 1. The lowest BCUT2D eigenvalue weighted by Gasteiger charge is -2.19. The minimum Gasteiger partial charge on any atom is -0.467 e. The number of hydrogen-bond acceptors (Lipinski definition) is 5. The van der Waals surface area contributed by atoms with Gasteiger partial charge in [0.25, 0.3) is 5.91 Å². The summed E-state index contributed by atoms with van der Waals surface area (Å²) in [6.07, 6.45) is 2.22. The number of rotatable bonds is 6. The highest BCUT2D eigenvalue weighted by atomic mass is 16.5. The van der Waals surface area contributed by atoms with Crippen LogP contribution in [0.5, 0.6) is 0 Å². The van der Waals surface area contributed by atoms with Crippen LogP contribution in [0.15, 0.2) is 82.5 Å². The molecule has 6 nitrogen and oxygen atoms in total. The van der Waals surface area contributed by atoms with Crippen LogP contribution in [0.3, 0.4) is 0 Å². The van der Waals surface area contributed by atoms with Gasteiger partial charge < -0.3 is 9.15 Å². The first kappa shape index (κ1) is 19.6. The average Bonchev–Trinajstić information content (AvgIpc) is 3.43. The summed E-state index contributed by atoms with van der Waals surface area (Å²) in [4.78, 5) is 25.0. The lowest BCUT2D eigenvalue weighted by atomic mass is 10.0. The van der Waals surface area contributed by atoms with Gasteiger partial charge in [0.1, 0.15) is 11.8 Å². The number of furan rings is 1. The molecule has 1 amide bonds. The highest BCUT2D eigenvalue weighted by Crippen LogP contribution is 2.33.